The summed E-state index contributed by atoms with van der Waals surface area (Å²) in [6.45, 7) is 3.32. The lowest BCUT2D eigenvalue weighted by atomic mass is 10.00. The molecule has 0 saturated carbocycles. The van der Waals surface area contributed by atoms with Crippen LogP contribution in [0.1, 0.15) is 33.1 Å². The van der Waals surface area contributed by atoms with Crippen molar-refractivity contribution >= 4 is 16.0 Å². The van der Waals surface area contributed by atoms with Gasteiger partial charge >= 0.3 is 5.97 Å². The van der Waals surface area contributed by atoms with Crippen LogP contribution >= 0.6 is 0 Å². The van der Waals surface area contributed by atoms with Crippen molar-refractivity contribution in [2.75, 3.05) is 6.54 Å². The number of carboxylic acid groups (broad SMARTS) is 1. The quantitative estimate of drug-likeness (QED) is 0.744. The summed E-state index contributed by atoms with van der Waals surface area (Å²) in [4.78, 5) is 10.8. The average Bonchev–Trinajstić information content (AvgIpc) is 2.27. The normalized spacial score (nSPS) is 26.4. The number of rotatable bonds is 4. The molecule has 3 atom stereocenters. The third-order valence-corrected chi connectivity index (χ3v) is 5.43. The van der Waals surface area contributed by atoms with E-state index in [0.717, 1.165) is 12.8 Å². The Morgan fingerprint density at radius 3 is 2.47 bits per heavy atom. The summed E-state index contributed by atoms with van der Waals surface area (Å²) in [5.41, 5.74) is 5.78. The van der Waals surface area contributed by atoms with Crippen LogP contribution in [0.4, 0.5) is 0 Å². The molecule has 100 valence electrons. The first-order chi connectivity index (χ1) is 7.78. The summed E-state index contributed by atoms with van der Waals surface area (Å²) >= 11 is 0. The van der Waals surface area contributed by atoms with Crippen LogP contribution in [0.2, 0.25) is 0 Å². The number of hydrogen-bond acceptors (Lipinski definition) is 4. The number of nitrogens with zero attached hydrogens (tertiary/aromatic N) is 1. The van der Waals surface area contributed by atoms with Gasteiger partial charge in [-0.2, -0.15) is 4.31 Å². The van der Waals surface area contributed by atoms with Crippen molar-refractivity contribution in [2.45, 2.75) is 50.4 Å². The molecule has 6 nitrogen and oxygen atoms in total. The van der Waals surface area contributed by atoms with E-state index in [1.54, 1.807) is 6.92 Å². The molecule has 17 heavy (non-hydrogen) atoms. The minimum absolute atomic E-state index is 0.282. The van der Waals surface area contributed by atoms with E-state index in [1.807, 2.05) is 0 Å². The number of carbonyl (C=O) groups is 1. The van der Waals surface area contributed by atoms with E-state index in [0.29, 0.717) is 13.0 Å². The molecule has 3 unspecified atom stereocenters. The Morgan fingerprint density at radius 2 is 2.00 bits per heavy atom. The number of nitrogens with two attached hydrogens (primary N) is 1. The van der Waals surface area contributed by atoms with Gasteiger partial charge in [0.1, 0.15) is 0 Å². The SMILES string of the molecule is CC(N)C1CCCCN1S(=O)(=O)C(C)C(=O)O. The molecule has 0 amide bonds. The van der Waals surface area contributed by atoms with Crippen molar-refractivity contribution < 1.29 is 18.3 Å². The van der Waals surface area contributed by atoms with Gasteiger partial charge in [-0.25, -0.2) is 8.42 Å². The molecule has 3 N–H and O–H groups in total. The van der Waals surface area contributed by atoms with Gasteiger partial charge < -0.3 is 10.8 Å². The number of aliphatic carboxylic acids is 1. The van der Waals surface area contributed by atoms with E-state index in [1.165, 1.54) is 11.2 Å². The zero-order valence-electron chi connectivity index (χ0n) is 10.2. The third-order valence-electron chi connectivity index (χ3n) is 3.23. The predicted molar refractivity (Wildman–Crippen MR) is 64.0 cm³/mol. The highest BCUT2D eigenvalue weighted by Crippen LogP contribution is 2.24. The fraction of sp³-hybridized carbons (Fsp3) is 0.900. The first-order valence-corrected chi connectivity index (χ1v) is 7.28. The maximum Gasteiger partial charge on any atom is 0.323 e. The van der Waals surface area contributed by atoms with E-state index in [-0.39, 0.29) is 12.1 Å². The molecule has 0 aliphatic carbocycles. The fourth-order valence-corrected chi connectivity index (χ4v) is 3.82. The second-order valence-corrected chi connectivity index (χ2v) is 6.76. The minimum atomic E-state index is -3.80. The number of hydrogen-bond donors (Lipinski definition) is 2. The van der Waals surface area contributed by atoms with Crippen LogP contribution in [0.5, 0.6) is 0 Å². The molecule has 0 spiro atoms. The Balaban J connectivity index is 2.99. The predicted octanol–water partition coefficient (Wildman–Crippen LogP) is -0.00900. The summed E-state index contributed by atoms with van der Waals surface area (Å²) in [5.74, 6) is -1.32. The molecule has 0 bridgehead atoms. The maximum absolute atomic E-state index is 12.1. The van der Waals surface area contributed by atoms with Gasteiger partial charge in [0, 0.05) is 18.6 Å². The molecule has 0 radical (unpaired) electrons. The number of piperidine rings is 1. The van der Waals surface area contributed by atoms with Crippen molar-refractivity contribution in [2.24, 2.45) is 5.73 Å². The van der Waals surface area contributed by atoms with Crippen molar-refractivity contribution in [3.63, 3.8) is 0 Å². The van der Waals surface area contributed by atoms with Gasteiger partial charge in [-0.15, -0.1) is 0 Å². The Hall–Kier alpha value is -0.660. The monoisotopic (exact) mass is 264 g/mol. The highest BCUT2D eigenvalue weighted by molar-refractivity contribution is 7.90. The first-order valence-electron chi connectivity index (χ1n) is 5.77. The van der Waals surface area contributed by atoms with Gasteiger partial charge in [-0.1, -0.05) is 6.42 Å². The molecular weight excluding hydrogens is 244 g/mol. The highest BCUT2D eigenvalue weighted by Gasteiger charge is 2.40. The van der Waals surface area contributed by atoms with Crippen molar-refractivity contribution in [1.29, 1.82) is 0 Å². The number of sulfonamides is 1. The van der Waals surface area contributed by atoms with Gasteiger partial charge in [-0.05, 0) is 26.7 Å². The Morgan fingerprint density at radius 1 is 1.41 bits per heavy atom. The molecule has 1 saturated heterocycles. The van der Waals surface area contributed by atoms with Crippen molar-refractivity contribution in [3.8, 4) is 0 Å². The fourth-order valence-electron chi connectivity index (χ4n) is 2.10. The first kappa shape index (κ1) is 14.4. The van der Waals surface area contributed by atoms with Gasteiger partial charge in [-0.3, -0.25) is 4.79 Å². The topological polar surface area (TPSA) is 101 Å². The molecular formula is C10H20N2O4S. The van der Waals surface area contributed by atoms with Gasteiger partial charge in [0.05, 0.1) is 0 Å². The molecule has 1 aliphatic heterocycles. The minimum Gasteiger partial charge on any atom is -0.480 e. The van der Waals surface area contributed by atoms with Crippen LogP contribution in [0.3, 0.4) is 0 Å². The summed E-state index contributed by atoms with van der Waals surface area (Å²) in [5, 5.41) is 7.42. The molecule has 1 fully saturated rings. The van der Waals surface area contributed by atoms with Crippen LogP contribution in [0.15, 0.2) is 0 Å². The summed E-state index contributed by atoms with van der Waals surface area (Å²) in [6.07, 6.45) is 2.39. The lowest BCUT2D eigenvalue weighted by Crippen LogP contribution is -2.54. The van der Waals surface area contributed by atoms with E-state index in [2.05, 4.69) is 0 Å². The highest BCUT2D eigenvalue weighted by atomic mass is 32.2. The van der Waals surface area contributed by atoms with Crippen LogP contribution in [-0.4, -0.2) is 47.7 Å². The lowest BCUT2D eigenvalue weighted by molar-refractivity contribution is -0.136. The molecule has 0 aromatic rings. The van der Waals surface area contributed by atoms with E-state index in [9.17, 15) is 13.2 Å². The Kier molecular flexibility index (Phi) is 4.51. The van der Waals surface area contributed by atoms with Crippen LogP contribution < -0.4 is 5.73 Å². The molecule has 1 aliphatic rings. The average molecular weight is 264 g/mol. The summed E-state index contributed by atoms with van der Waals surface area (Å²) in [6, 6.07) is -0.568. The van der Waals surface area contributed by atoms with Crippen LogP contribution in [0.25, 0.3) is 0 Å². The molecule has 0 aromatic carbocycles. The van der Waals surface area contributed by atoms with E-state index < -0.39 is 21.2 Å². The van der Waals surface area contributed by atoms with Gasteiger partial charge in [0.25, 0.3) is 0 Å². The van der Waals surface area contributed by atoms with E-state index >= 15 is 0 Å². The molecule has 1 heterocycles. The largest absolute Gasteiger partial charge is 0.480 e. The molecule has 1 rings (SSSR count). The smallest absolute Gasteiger partial charge is 0.323 e. The lowest BCUT2D eigenvalue weighted by Gasteiger charge is -2.37. The zero-order chi connectivity index (χ0) is 13.2. The van der Waals surface area contributed by atoms with Crippen LogP contribution in [-0.2, 0) is 14.8 Å². The second kappa shape index (κ2) is 5.32. The number of carboxylic acids is 1. The third kappa shape index (κ3) is 2.97. The van der Waals surface area contributed by atoms with Gasteiger partial charge in [0.2, 0.25) is 10.0 Å². The standard InChI is InChI=1S/C10H20N2O4S/c1-7(11)9-5-3-4-6-12(9)17(15,16)8(2)10(13)14/h7-9H,3-6,11H2,1-2H3,(H,13,14). The second-order valence-electron chi connectivity index (χ2n) is 4.56. The Labute approximate surface area is 102 Å². The van der Waals surface area contributed by atoms with Crippen molar-refractivity contribution in [3.05, 3.63) is 0 Å². The summed E-state index contributed by atoms with van der Waals surface area (Å²) < 4.78 is 25.5. The molecule has 0 aromatic heterocycles. The van der Waals surface area contributed by atoms with Crippen molar-refractivity contribution in [1.82, 2.24) is 4.31 Å². The maximum atomic E-state index is 12.1. The van der Waals surface area contributed by atoms with Crippen LogP contribution in [0, 0.1) is 0 Å². The molecule has 7 heteroatoms. The van der Waals surface area contributed by atoms with E-state index in [4.69, 9.17) is 10.8 Å². The Bertz CT molecular complexity index is 380. The zero-order valence-corrected chi connectivity index (χ0v) is 11.0. The van der Waals surface area contributed by atoms with Gasteiger partial charge in [0.15, 0.2) is 5.25 Å². The summed E-state index contributed by atoms with van der Waals surface area (Å²) in [7, 11) is -3.80.